The fourth-order valence-electron chi connectivity index (χ4n) is 5.36. The number of aliphatic carboxylic acids is 1. The molecule has 4 rings (SSSR count). The number of nitrogens with zero attached hydrogens (tertiary/aromatic N) is 1. The molecule has 7 heteroatoms. The highest BCUT2D eigenvalue weighted by atomic mass is 16.5. The number of fused-ring (bicyclic) bond motifs is 3. The molecule has 4 unspecified atom stereocenters. The number of alkyl carbamates (subject to hydrolysis) is 1. The molecule has 180 valence electrons. The highest BCUT2D eigenvalue weighted by Crippen LogP contribution is 2.44. The summed E-state index contributed by atoms with van der Waals surface area (Å²) in [4.78, 5) is 39.1. The standard InChI is InChI=1S/C27H32N2O5/c1-16-12-17(2)18(3)29(14-16)26(32)24(13-25(30)31)28-27(33)34-15-23-21-10-6-4-8-19(21)20-9-5-7-11-22(20)23/h4-11,16-18,23-24H,12-15H2,1-3H3,(H,28,33)(H,30,31). The zero-order chi connectivity index (χ0) is 24.4. The molecule has 1 saturated heterocycles. The SMILES string of the molecule is CC1CC(C)C(C)N(C(=O)C(CC(=O)O)NC(=O)OCC2c3ccccc3-c3ccccc32)C1. The topological polar surface area (TPSA) is 95.9 Å². The van der Waals surface area contributed by atoms with Crippen LogP contribution in [0.2, 0.25) is 0 Å². The lowest BCUT2D eigenvalue weighted by atomic mass is 9.85. The minimum atomic E-state index is -1.17. The van der Waals surface area contributed by atoms with Gasteiger partial charge >= 0.3 is 12.1 Å². The van der Waals surface area contributed by atoms with Crippen LogP contribution in [0.4, 0.5) is 4.79 Å². The van der Waals surface area contributed by atoms with E-state index >= 15 is 0 Å². The van der Waals surface area contributed by atoms with E-state index in [2.05, 4.69) is 31.3 Å². The second-order valence-electron chi connectivity index (χ2n) is 9.67. The molecule has 2 aromatic carbocycles. The third-order valence-electron chi connectivity index (χ3n) is 7.19. The highest BCUT2D eigenvalue weighted by molar-refractivity contribution is 5.89. The van der Waals surface area contributed by atoms with Gasteiger partial charge in [0.05, 0.1) is 6.42 Å². The van der Waals surface area contributed by atoms with E-state index in [9.17, 15) is 19.5 Å². The van der Waals surface area contributed by atoms with Gasteiger partial charge in [0.2, 0.25) is 5.91 Å². The highest BCUT2D eigenvalue weighted by Gasteiger charge is 2.37. The van der Waals surface area contributed by atoms with Crippen molar-refractivity contribution in [3.05, 3.63) is 59.7 Å². The molecule has 4 atom stereocenters. The molecule has 1 fully saturated rings. The summed E-state index contributed by atoms with van der Waals surface area (Å²) in [5.74, 6) is -1.02. The lowest BCUT2D eigenvalue weighted by molar-refractivity contribution is -0.145. The third-order valence-corrected chi connectivity index (χ3v) is 7.19. The molecular weight excluding hydrogens is 432 g/mol. The Bertz CT molecular complexity index is 1040. The molecule has 2 amide bonds. The van der Waals surface area contributed by atoms with E-state index in [1.54, 1.807) is 4.90 Å². The summed E-state index contributed by atoms with van der Waals surface area (Å²) in [5, 5.41) is 11.9. The molecule has 1 heterocycles. The summed E-state index contributed by atoms with van der Waals surface area (Å²) in [5.41, 5.74) is 4.40. The van der Waals surface area contributed by atoms with Gasteiger partial charge in [-0.1, -0.05) is 62.4 Å². The van der Waals surface area contributed by atoms with E-state index in [4.69, 9.17) is 4.74 Å². The van der Waals surface area contributed by atoms with Crippen molar-refractivity contribution in [3.8, 4) is 11.1 Å². The molecule has 1 aliphatic heterocycles. The van der Waals surface area contributed by atoms with Gasteiger partial charge in [0.25, 0.3) is 0 Å². The molecule has 0 bridgehead atoms. The average Bonchev–Trinajstić information content (AvgIpc) is 3.12. The smallest absolute Gasteiger partial charge is 0.407 e. The molecule has 0 aromatic heterocycles. The predicted molar refractivity (Wildman–Crippen MR) is 128 cm³/mol. The van der Waals surface area contributed by atoms with E-state index < -0.39 is 24.5 Å². The fourth-order valence-corrected chi connectivity index (χ4v) is 5.36. The Morgan fingerprint density at radius 2 is 1.62 bits per heavy atom. The average molecular weight is 465 g/mol. The molecule has 0 saturated carbocycles. The maximum absolute atomic E-state index is 13.3. The Hall–Kier alpha value is -3.35. The number of hydrogen-bond donors (Lipinski definition) is 2. The molecule has 2 aliphatic rings. The number of carboxylic acids is 1. The van der Waals surface area contributed by atoms with Crippen LogP contribution in [0.15, 0.2) is 48.5 Å². The van der Waals surface area contributed by atoms with Crippen molar-refractivity contribution in [3.63, 3.8) is 0 Å². The Morgan fingerprint density at radius 3 is 2.21 bits per heavy atom. The number of piperidine rings is 1. The number of carbonyl (C=O) groups is 3. The fraction of sp³-hybridized carbons (Fsp3) is 0.444. The van der Waals surface area contributed by atoms with Crippen LogP contribution < -0.4 is 5.32 Å². The Kier molecular flexibility index (Phi) is 6.91. The van der Waals surface area contributed by atoms with E-state index in [-0.39, 0.29) is 24.5 Å². The van der Waals surface area contributed by atoms with Crippen LogP contribution in [0.25, 0.3) is 11.1 Å². The maximum Gasteiger partial charge on any atom is 0.407 e. The van der Waals surface area contributed by atoms with Crippen LogP contribution in [-0.2, 0) is 14.3 Å². The van der Waals surface area contributed by atoms with Gasteiger partial charge in [0.15, 0.2) is 0 Å². The molecule has 7 nitrogen and oxygen atoms in total. The summed E-state index contributed by atoms with van der Waals surface area (Å²) in [7, 11) is 0. The molecular formula is C27H32N2O5. The first kappa shape index (κ1) is 23.8. The zero-order valence-corrected chi connectivity index (χ0v) is 19.9. The van der Waals surface area contributed by atoms with E-state index in [0.717, 1.165) is 28.7 Å². The van der Waals surface area contributed by atoms with Crippen LogP contribution in [-0.4, -0.2) is 53.2 Å². The van der Waals surface area contributed by atoms with Crippen LogP contribution >= 0.6 is 0 Å². The van der Waals surface area contributed by atoms with Gasteiger partial charge in [-0.2, -0.15) is 0 Å². The van der Waals surface area contributed by atoms with Crippen molar-refractivity contribution in [1.29, 1.82) is 0 Å². The first-order chi connectivity index (χ1) is 16.3. The van der Waals surface area contributed by atoms with Crippen LogP contribution in [0.5, 0.6) is 0 Å². The second-order valence-corrected chi connectivity index (χ2v) is 9.67. The summed E-state index contributed by atoms with van der Waals surface area (Å²) in [6.07, 6.45) is -0.268. The van der Waals surface area contributed by atoms with Crippen molar-refractivity contribution in [2.75, 3.05) is 13.2 Å². The van der Waals surface area contributed by atoms with Crippen molar-refractivity contribution >= 4 is 18.0 Å². The summed E-state index contributed by atoms with van der Waals surface area (Å²) < 4.78 is 5.54. The van der Waals surface area contributed by atoms with E-state index in [1.165, 1.54) is 0 Å². The van der Waals surface area contributed by atoms with E-state index in [1.807, 2.05) is 43.3 Å². The first-order valence-corrected chi connectivity index (χ1v) is 11.9. The molecule has 0 radical (unpaired) electrons. The molecule has 2 aromatic rings. The van der Waals surface area contributed by atoms with Gasteiger partial charge in [-0.25, -0.2) is 4.79 Å². The zero-order valence-electron chi connectivity index (χ0n) is 19.9. The van der Waals surface area contributed by atoms with Crippen molar-refractivity contribution in [1.82, 2.24) is 10.2 Å². The second kappa shape index (κ2) is 9.87. The number of likely N-dealkylation sites (tertiary alicyclic amines) is 1. The normalized spacial score (nSPS) is 22.4. The Labute approximate surface area is 200 Å². The lowest BCUT2D eigenvalue weighted by Crippen LogP contribution is -2.56. The predicted octanol–water partition coefficient (Wildman–Crippen LogP) is 4.26. The lowest BCUT2D eigenvalue weighted by Gasteiger charge is -2.42. The Morgan fingerprint density at radius 1 is 1.03 bits per heavy atom. The molecule has 2 N–H and O–H groups in total. The van der Waals surface area contributed by atoms with Gasteiger partial charge < -0.3 is 20.1 Å². The number of benzene rings is 2. The number of hydrogen-bond acceptors (Lipinski definition) is 4. The summed E-state index contributed by atoms with van der Waals surface area (Å²) >= 11 is 0. The number of nitrogens with one attached hydrogen (secondary N) is 1. The molecule has 1 aliphatic carbocycles. The van der Waals surface area contributed by atoms with Crippen molar-refractivity contribution in [2.24, 2.45) is 11.8 Å². The minimum Gasteiger partial charge on any atom is -0.481 e. The van der Waals surface area contributed by atoms with Gasteiger partial charge in [-0.05, 0) is 47.4 Å². The largest absolute Gasteiger partial charge is 0.481 e. The summed E-state index contributed by atoms with van der Waals surface area (Å²) in [6, 6.07) is 14.8. The van der Waals surface area contributed by atoms with Gasteiger partial charge in [-0.3, -0.25) is 9.59 Å². The molecule has 0 spiro atoms. The van der Waals surface area contributed by atoms with Crippen LogP contribution in [0.1, 0.15) is 50.7 Å². The van der Waals surface area contributed by atoms with Crippen molar-refractivity contribution in [2.45, 2.75) is 51.6 Å². The summed E-state index contributed by atoms with van der Waals surface area (Å²) in [6.45, 7) is 6.79. The van der Waals surface area contributed by atoms with Gasteiger partial charge in [-0.15, -0.1) is 0 Å². The van der Waals surface area contributed by atoms with Crippen LogP contribution in [0.3, 0.4) is 0 Å². The third kappa shape index (κ3) is 4.79. The first-order valence-electron chi connectivity index (χ1n) is 11.9. The van der Waals surface area contributed by atoms with Gasteiger partial charge in [0, 0.05) is 18.5 Å². The van der Waals surface area contributed by atoms with E-state index in [0.29, 0.717) is 18.4 Å². The number of rotatable bonds is 6. The van der Waals surface area contributed by atoms with Gasteiger partial charge in [0.1, 0.15) is 12.6 Å². The van der Waals surface area contributed by atoms with Crippen molar-refractivity contribution < 1.29 is 24.2 Å². The minimum absolute atomic E-state index is 0.0238. The molecule has 34 heavy (non-hydrogen) atoms. The number of ether oxygens (including phenoxy) is 1. The monoisotopic (exact) mass is 464 g/mol. The quantitative estimate of drug-likeness (QED) is 0.666. The Balaban J connectivity index is 1.45. The number of carboxylic acid groups (broad SMARTS) is 1. The maximum atomic E-state index is 13.3. The number of amides is 2. The number of carbonyl (C=O) groups excluding carboxylic acids is 2. The van der Waals surface area contributed by atoms with Crippen LogP contribution in [0, 0.1) is 11.8 Å².